The molecular formula is C12H8ClN3. The number of nitrogens with one attached hydrogen (secondary N) is 1. The van der Waals surface area contributed by atoms with Crippen LogP contribution in [-0.2, 0) is 0 Å². The Labute approximate surface area is 98.3 Å². The topological polar surface area (TPSA) is 48.7 Å². The van der Waals surface area contributed by atoms with Crippen molar-refractivity contribution in [3.05, 3.63) is 53.2 Å². The fourth-order valence-electron chi connectivity index (χ4n) is 1.27. The Hall–Kier alpha value is -2.05. The van der Waals surface area contributed by atoms with Crippen LogP contribution in [0.15, 0.2) is 42.6 Å². The number of nitriles is 1. The molecule has 2 rings (SSSR count). The molecule has 0 radical (unpaired) electrons. The van der Waals surface area contributed by atoms with E-state index in [4.69, 9.17) is 16.9 Å². The number of halogens is 1. The van der Waals surface area contributed by atoms with E-state index >= 15 is 0 Å². The highest BCUT2D eigenvalue weighted by molar-refractivity contribution is 6.33. The Morgan fingerprint density at radius 2 is 2.06 bits per heavy atom. The van der Waals surface area contributed by atoms with Gasteiger partial charge in [0.25, 0.3) is 0 Å². The average molecular weight is 230 g/mol. The molecule has 4 heteroatoms. The van der Waals surface area contributed by atoms with Gasteiger partial charge >= 0.3 is 0 Å². The molecule has 0 unspecified atom stereocenters. The highest BCUT2D eigenvalue weighted by Crippen LogP contribution is 2.23. The van der Waals surface area contributed by atoms with E-state index in [1.165, 1.54) is 0 Å². The van der Waals surface area contributed by atoms with Crippen molar-refractivity contribution in [2.75, 3.05) is 5.32 Å². The molecule has 1 N–H and O–H groups in total. The van der Waals surface area contributed by atoms with Crippen molar-refractivity contribution in [3.63, 3.8) is 0 Å². The minimum absolute atomic E-state index is 0.560. The number of hydrogen-bond acceptors (Lipinski definition) is 3. The molecule has 2 aromatic rings. The minimum Gasteiger partial charge on any atom is -0.339 e. The third kappa shape index (κ3) is 2.30. The predicted octanol–water partition coefficient (Wildman–Crippen LogP) is 3.35. The van der Waals surface area contributed by atoms with Crippen molar-refractivity contribution in [3.8, 4) is 6.07 Å². The van der Waals surface area contributed by atoms with Gasteiger partial charge in [-0.05, 0) is 24.3 Å². The lowest BCUT2D eigenvalue weighted by Gasteiger charge is -2.06. The zero-order chi connectivity index (χ0) is 11.4. The molecule has 0 saturated carbocycles. The molecule has 0 amide bonds. The minimum atomic E-state index is 0.560. The summed E-state index contributed by atoms with van der Waals surface area (Å²) in [5.41, 5.74) is 1.33. The van der Waals surface area contributed by atoms with Gasteiger partial charge in [-0.2, -0.15) is 5.26 Å². The standard InChI is InChI=1S/C12H8ClN3/c13-10-3-1-2-4-11(10)16-12-7-9(8-14)5-6-15-12/h1-7H,(H,15,16). The van der Waals surface area contributed by atoms with Crippen LogP contribution < -0.4 is 5.32 Å². The lowest BCUT2D eigenvalue weighted by molar-refractivity contribution is 1.29. The van der Waals surface area contributed by atoms with Crippen molar-refractivity contribution in [2.24, 2.45) is 0 Å². The summed E-state index contributed by atoms with van der Waals surface area (Å²) in [6.07, 6.45) is 1.58. The second kappa shape index (κ2) is 4.65. The van der Waals surface area contributed by atoms with Crippen LogP contribution in [0.5, 0.6) is 0 Å². The van der Waals surface area contributed by atoms with Gasteiger partial charge in [-0.25, -0.2) is 4.98 Å². The normalized spacial score (nSPS) is 9.50. The summed E-state index contributed by atoms with van der Waals surface area (Å²) >= 11 is 5.99. The summed E-state index contributed by atoms with van der Waals surface area (Å²) in [4.78, 5) is 4.10. The highest BCUT2D eigenvalue weighted by Gasteiger charge is 2.00. The average Bonchev–Trinajstić information content (AvgIpc) is 2.32. The molecule has 3 nitrogen and oxygen atoms in total. The zero-order valence-electron chi connectivity index (χ0n) is 8.31. The molecule has 0 bridgehead atoms. The van der Waals surface area contributed by atoms with Crippen molar-refractivity contribution in [1.82, 2.24) is 4.98 Å². The molecular weight excluding hydrogens is 222 g/mol. The first-order valence-electron chi connectivity index (χ1n) is 4.67. The van der Waals surface area contributed by atoms with Gasteiger partial charge < -0.3 is 5.32 Å². The van der Waals surface area contributed by atoms with Crippen LogP contribution in [0.4, 0.5) is 11.5 Å². The first kappa shape index (κ1) is 10.5. The summed E-state index contributed by atoms with van der Waals surface area (Å²) in [6.45, 7) is 0. The van der Waals surface area contributed by atoms with E-state index in [2.05, 4.69) is 16.4 Å². The number of rotatable bonds is 2. The van der Waals surface area contributed by atoms with Gasteiger partial charge in [-0.15, -0.1) is 0 Å². The molecule has 0 aliphatic rings. The Kier molecular flexibility index (Phi) is 3.04. The van der Waals surface area contributed by atoms with Crippen molar-refractivity contribution in [2.45, 2.75) is 0 Å². The largest absolute Gasteiger partial charge is 0.339 e. The van der Waals surface area contributed by atoms with Crippen molar-refractivity contribution >= 4 is 23.1 Å². The second-order valence-corrected chi connectivity index (χ2v) is 3.55. The summed E-state index contributed by atoms with van der Waals surface area (Å²) < 4.78 is 0. The second-order valence-electron chi connectivity index (χ2n) is 3.15. The number of nitrogens with zero attached hydrogens (tertiary/aromatic N) is 2. The first-order chi connectivity index (χ1) is 7.79. The maximum Gasteiger partial charge on any atom is 0.131 e. The van der Waals surface area contributed by atoms with Crippen LogP contribution in [0.2, 0.25) is 5.02 Å². The summed E-state index contributed by atoms with van der Waals surface area (Å²) in [5, 5.41) is 12.4. The van der Waals surface area contributed by atoms with Gasteiger partial charge in [0.2, 0.25) is 0 Å². The number of hydrogen-bond donors (Lipinski definition) is 1. The van der Waals surface area contributed by atoms with Crippen molar-refractivity contribution in [1.29, 1.82) is 5.26 Å². The number of benzene rings is 1. The molecule has 78 valence electrons. The van der Waals surface area contributed by atoms with E-state index in [0.29, 0.717) is 16.4 Å². The third-order valence-electron chi connectivity index (χ3n) is 2.03. The molecule has 1 aromatic heterocycles. The SMILES string of the molecule is N#Cc1ccnc(Nc2ccccc2Cl)c1. The highest BCUT2D eigenvalue weighted by atomic mass is 35.5. The Balaban J connectivity index is 2.28. The van der Waals surface area contributed by atoms with Crippen LogP contribution in [0.1, 0.15) is 5.56 Å². The molecule has 0 aliphatic carbocycles. The number of anilines is 2. The van der Waals surface area contributed by atoms with Gasteiger partial charge in [0.15, 0.2) is 0 Å². The maximum absolute atomic E-state index is 8.75. The Morgan fingerprint density at radius 3 is 2.81 bits per heavy atom. The lowest BCUT2D eigenvalue weighted by Crippen LogP contribution is -1.94. The van der Waals surface area contributed by atoms with E-state index in [1.54, 1.807) is 24.4 Å². The van der Waals surface area contributed by atoms with Gasteiger partial charge in [-0.1, -0.05) is 23.7 Å². The summed E-state index contributed by atoms with van der Waals surface area (Å²) in [5.74, 6) is 0.604. The predicted molar refractivity (Wildman–Crippen MR) is 63.7 cm³/mol. The van der Waals surface area contributed by atoms with Crippen LogP contribution in [0.3, 0.4) is 0 Å². The molecule has 0 atom stereocenters. The number of para-hydroxylation sites is 1. The van der Waals surface area contributed by atoms with Gasteiger partial charge in [-0.3, -0.25) is 0 Å². The van der Waals surface area contributed by atoms with Crippen LogP contribution in [-0.4, -0.2) is 4.98 Å². The third-order valence-corrected chi connectivity index (χ3v) is 2.36. The molecule has 16 heavy (non-hydrogen) atoms. The molecule has 0 fully saturated rings. The zero-order valence-corrected chi connectivity index (χ0v) is 9.07. The Bertz CT molecular complexity index is 546. The smallest absolute Gasteiger partial charge is 0.131 e. The first-order valence-corrected chi connectivity index (χ1v) is 5.05. The molecule has 1 heterocycles. The lowest BCUT2D eigenvalue weighted by atomic mass is 10.2. The fourth-order valence-corrected chi connectivity index (χ4v) is 1.45. The monoisotopic (exact) mass is 229 g/mol. The van der Waals surface area contributed by atoms with E-state index in [1.807, 2.05) is 18.2 Å². The van der Waals surface area contributed by atoms with E-state index in [9.17, 15) is 0 Å². The van der Waals surface area contributed by atoms with E-state index in [0.717, 1.165) is 5.69 Å². The molecule has 0 spiro atoms. The van der Waals surface area contributed by atoms with Crippen LogP contribution in [0, 0.1) is 11.3 Å². The van der Waals surface area contributed by atoms with Gasteiger partial charge in [0, 0.05) is 6.20 Å². The fraction of sp³-hybridized carbons (Fsp3) is 0. The number of aromatic nitrogens is 1. The van der Waals surface area contributed by atoms with Gasteiger partial charge in [0.05, 0.1) is 22.3 Å². The van der Waals surface area contributed by atoms with Crippen LogP contribution >= 0.6 is 11.6 Å². The molecule has 0 saturated heterocycles. The van der Waals surface area contributed by atoms with Gasteiger partial charge in [0.1, 0.15) is 5.82 Å². The van der Waals surface area contributed by atoms with Crippen molar-refractivity contribution < 1.29 is 0 Å². The van der Waals surface area contributed by atoms with Crippen LogP contribution in [0.25, 0.3) is 0 Å². The van der Waals surface area contributed by atoms with E-state index in [-0.39, 0.29) is 0 Å². The maximum atomic E-state index is 8.75. The summed E-state index contributed by atoms with van der Waals surface area (Å²) in [6, 6.07) is 12.7. The summed E-state index contributed by atoms with van der Waals surface area (Å²) in [7, 11) is 0. The number of pyridine rings is 1. The Morgan fingerprint density at radius 1 is 1.25 bits per heavy atom. The molecule has 1 aromatic carbocycles. The van der Waals surface area contributed by atoms with E-state index < -0.39 is 0 Å². The quantitative estimate of drug-likeness (QED) is 0.859. The molecule has 0 aliphatic heterocycles.